The number of hydrogen-bond donors (Lipinski definition) is 1. The van der Waals surface area contributed by atoms with Gasteiger partial charge in [0.15, 0.2) is 0 Å². The minimum absolute atomic E-state index is 0.657. The molecule has 0 aliphatic carbocycles. The van der Waals surface area contributed by atoms with E-state index >= 15 is 0 Å². The van der Waals surface area contributed by atoms with E-state index in [4.69, 9.17) is 0 Å². The van der Waals surface area contributed by atoms with Crippen LogP contribution in [0, 0.1) is 6.92 Å². The van der Waals surface area contributed by atoms with Crippen molar-refractivity contribution < 1.29 is 5.11 Å². The Morgan fingerprint density at radius 2 is 2.05 bits per heavy atom. The molecule has 1 atom stereocenters. The van der Waals surface area contributed by atoms with Crippen LogP contribution in [-0.4, -0.2) is 19.9 Å². The highest BCUT2D eigenvalue weighted by atomic mass is 16.3. The molecule has 0 saturated heterocycles. The van der Waals surface area contributed by atoms with Crippen molar-refractivity contribution in [3.63, 3.8) is 0 Å². The summed E-state index contributed by atoms with van der Waals surface area (Å²) in [4.78, 5) is 4.53. The molecule has 0 bridgehead atoms. The Morgan fingerprint density at radius 1 is 1.26 bits per heavy atom. The van der Waals surface area contributed by atoms with Gasteiger partial charge in [-0.2, -0.15) is 5.10 Å². The molecule has 0 spiro atoms. The third kappa shape index (κ3) is 2.11. The Kier molecular flexibility index (Phi) is 2.80. The maximum Gasteiger partial charge on any atom is 0.124 e. The molecule has 4 heteroatoms. The molecule has 0 aliphatic rings. The van der Waals surface area contributed by atoms with E-state index in [9.17, 15) is 5.11 Å². The van der Waals surface area contributed by atoms with Crippen LogP contribution in [0.5, 0.6) is 0 Å². The molecular formula is C15H15N3O. The van der Waals surface area contributed by atoms with Crippen LogP contribution in [0.25, 0.3) is 10.9 Å². The minimum Gasteiger partial charge on any atom is -0.382 e. The Morgan fingerprint density at radius 3 is 2.79 bits per heavy atom. The number of rotatable bonds is 2. The second kappa shape index (κ2) is 4.48. The number of hydrogen-bond acceptors (Lipinski definition) is 3. The second-order valence-electron chi connectivity index (χ2n) is 4.73. The van der Waals surface area contributed by atoms with E-state index in [1.807, 2.05) is 44.3 Å². The van der Waals surface area contributed by atoms with Gasteiger partial charge in [0, 0.05) is 24.2 Å². The normalized spacial score (nSPS) is 12.8. The number of aromatic nitrogens is 3. The van der Waals surface area contributed by atoms with Crippen molar-refractivity contribution in [3.8, 4) is 0 Å². The first kappa shape index (κ1) is 11.9. The van der Waals surface area contributed by atoms with Gasteiger partial charge in [0.25, 0.3) is 0 Å². The zero-order chi connectivity index (χ0) is 13.4. The number of benzene rings is 1. The number of para-hydroxylation sites is 1. The van der Waals surface area contributed by atoms with Crippen LogP contribution in [0.15, 0.2) is 42.7 Å². The van der Waals surface area contributed by atoms with Gasteiger partial charge in [0.1, 0.15) is 6.10 Å². The summed E-state index contributed by atoms with van der Waals surface area (Å²) in [5.41, 5.74) is 3.43. The third-order valence-electron chi connectivity index (χ3n) is 3.26. The molecule has 1 unspecified atom stereocenters. The summed E-state index contributed by atoms with van der Waals surface area (Å²) in [6.45, 7) is 2.03. The lowest BCUT2D eigenvalue weighted by molar-refractivity contribution is 0.215. The zero-order valence-corrected chi connectivity index (χ0v) is 10.9. The molecule has 3 aromatic rings. The fourth-order valence-electron chi connectivity index (χ4n) is 2.27. The van der Waals surface area contributed by atoms with Crippen molar-refractivity contribution in [2.45, 2.75) is 13.0 Å². The van der Waals surface area contributed by atoms with Gasteiger partial charge in [-0.25, -0.2) is 4.98 Å². The van der Waals surface area contributed by atoms with Crippen LogP contribution in [0.1, 0.15) is 22.9 Å². The smallest absolute Gasteiger partial charge is 0.124 e. The van der Waals surface area contributed by atoms with Crippen LogP contribution < -0.4 is 0 Å². The van der Waals surface area contributed by atoms with E-state index in [2.05, 4.69) is 10.1 Å². The highest BCUT2D eigenvalue weighted by Crippen LogP contribution is 2.24. The summed E-state index contributed by atoms with van der Waals surface area (Å²) in [5.74, 6) is 0. The van der Waals surface area contributed by atoms with Crippen molar-refractivity contribution >= 4 is 10.9 Å². The van der Waals surface area contributed by atoms with Crippen molar-refractivity contribution in [1.82, 2.24) is 14.8 Å². The van der Waals surface area contributed by atoms with Crippen LogP contribution in [0.3, 0.4) is 0 Å². The lowest BCUT2D eigenvalue weighted by Crippen LogP contribution is -2.02. The topological polar surface area (TPSA) is 50.9 Å². The Labute approximate surface area is 111 Å². The standard InChI is InChI=1S/C15H15N3O/c1-10-7-14(15(19)11-8-16-18(2)9-11)17-13-6-4-3-5-12(10)13/h3-9,15,19H,1-2H3. The number of fused-ring (bicyclic) bond motifs is 1. The van der Waals surface area contributed by atoms with Gasteiger partial charge in [-0.05, 0) is 24.6 Å². The van der Waals surface area contributed by atoms with Crippen molar-refractivity contribution in [2.24, 2.45) is 7.05 Å². The molecule has 2 heterocycles. The van der Waals surface area contributed by atoms with E-state index in [1.54, 1.807) is 17.1 Å². The van der Waals surface area contributed by atoms with E-state index in [0.717, 1.165) is 22.0 Å². The monoisotopic (exact) mass is 253 g/mol. The SMILES string of the molecule is Cc1cc(C(O)c2cnn(C)c2)nc2ccccc12. The van der Waals surface area contributed by atoms with Gasteiger partial charge >= 0.3 is 0 Å². The van der Waals surface area contributed by atoms with Gasteiger partial charge in [0.05, 0.1) is 17.4 Å². The number of aryl methyl sites for hydroxylation is 2. The maximum atomic E-state index is 10.4. The quantitative estimate of drug-likeness (QED) is 0.762. The molecule has 4 nitrogen and oxygen atoms in total. The summed E-state index contributed by atoms with van der Waals surface area (Å²) in [6.07, 6.45) is 2.73. The molecule has 3 rings (SSSR count). The second-order valence-corrected chi connectivity index (χ2v) is 4.73. The minimum atomic E-state index is -0.739. The van der Waals surface area contributed by atoms with Crippen LogP contribution in [0.2, 0.25) is 0 Å². The molecule has 96 valence electrons. The summed E-state index contributed by atoms with van der Waals surface area (Å²) in [6, 6.07) is 9.88. The van der Waals surface area contributed by atoms with Gasteiger partial charge in [-0.15, -0.1) is 0 Å². The maximum absolute atomic E-state index is 10.4. The van der Waals surface area contributed by atoms with Crippen molar-refractivity contribution in [3.05, 3.63) is 59.5 Å². The first-order chi connectivity index (χ1) is 9.15. The number of pyridine rings is 1. The first-order valence-electron chi connectivity index (χ1n) is 6.18. The van der Waals surface area contributed by atoms with E-state index in [1.165, 1.54) is 0 Å². The Balaban J connectivity index is 2.10. The molecule has 1 N–H and O–H groups in total. The Bertz CT molecular complexity index is 733. The molecule has 0 aliphatic heterocycles. The van der Waals surface area contributed by atoms with Crippen LogP contribution in [-0.2, 0) is 7.05 Å². The molecule has 0 saturated carbocycles. The third-order valence-corrected chi connectivity index (χ3v) is 3.26. The lowest BCUT2D eigenvalue weighted by atomic mass is 10.0. The van der Waals surface area contributed by atoms with E-state index < -0.39 is 6.10 Å². The largest absolute Gasteiger partial charge is 0.382 e. The van der Waals surface area contributed by atoms with Gasteiger partial charge in [0.2, 0.25) is 0 Å². The van der Waals surface area contributed by atoms with Gasteiger partial charge in [-0.1, -0.05) is 18.2 Å². The fourth-order valence-corrected chi connectivity index (χ4v) is 2.27. The number of aliphatic hydroxyl groups excluding tert-OH is 1. The van der Waals surface area contributed by atoms with E-state index in [0.29, 0.717) is 5.69 Å². The molecule has 2 aromatic heterocycles. The zero-order valence-electron chi connectivity index (χ0n) is 10.9. The summed E-state index contributed by atoms with van der Waals surface area (Å²) in [7, 11) is 1.83. The van der Waals surface area contributed by atoms with Crippen LogP contribution in [0.4, 0.5) is 0 Å². The predicted octanol–water partition coefficient (Wildman–Crippen LogP) is 2.36. The van der Waals surface area contributed by atoms with E-state index in [-0.39, 0.29) is 0 Å². The van der Waals surface area contributed by atoms with Gasteiger partial charge < -0.3 is 5.11 Å². The van der Waals surface area contributed by atoms with Crippen molar-refractivity contribution in [1.29, 1.82) is 0 Å². The summed E-state index contributed by atoms with van der Waals surface area (Å²) >= 11 is 0. The number of aliphatic hydroxyl groups is 1. The molecule has 0 radical (unpaired) electrons. The van der Waals surface area contributed by atoms with Crippen LogP contribution >= 0.6 is 0 Å². The summed E-state index contributed by atoms with van der Waals surface area (Å²) in [5, 5.41) is 15.6. The highest BCUT2D eigenvalue weighted by Gasteiger charge is 2.15. The predicted molar refractivity (Wildman–Crippen MR) is 73.7 cm³/mol. The highest BCUT2D eigenvalue weighted by molar-refractivity contribution is 5.82. The lowest BCUT2D eigenvalue weighted by Gasteiger charge is -2.11. The summed E-state index contributed by atoms with van der Waals surface area (Å²) < 4.78 is 1.67. The number of nitrogens with zero attached hydrogens (tertiary/aromatic N) is 3. The molecular weight excluding hydrogens is 238 g/mol. The Hall–Kier alpha value is -2.20. The van der Waals surface area contributed by atoms with Gasteiger partial charge in [-0.3, -0.25) is 4.68 Å². The average Bonchev–Trinajstić information content (AvgIpc) is 2.84. The van der Waals surface area contributed by atoms with Crippen molar-refractivity contribution in [2.75, 3.05) is 0 Å². The fraction of sp³-hybridized carbons (Fsp3) is 0.200. The first-order valence-corrected chi connectivity index (χ1v) is 6.18. The molecule has 0 fully saturated rings. The molecule has 1 aromatic carbocycles. The average molecular weight is 253 g/mol. The molecule has 19 heavy (non-hydrogen) atoms. The molecule has 0 amide bonds.